The fraction of sp³-hybridized carbons (Fsp3) is 0.111. The number of amides is 2. The lowest BCUT2D eigenvalue weighted by Crippen LogP contribution is -2.38. The van der Waals surface area contributed by atoms with Gasteiger partial charge in [0.15, 0.2) is 0 Å². The second kappa shape index (κ2) is 4.99. The zero-order valence-corrected chi connectivity index (χ0v) is 8.47. The number of hydrazine groups is 1. The standard InChI is InChI=1S/C9H11N3O4/c1-12(16)9(15)11-10-7-4-2-3-6(5-7)8(13)14/h2-5,10,16H,1H3,(H,11,15)(H,13,14). The first-order valence-electron chi connectivity index (χ1n) is 4.32. The predicted octanol–water partition coefficient (Wildman–Crippen LogP) is 0.742. The van der Waals surface area contributed by atoms with Crippen LogP contribution in [-0.4, -0.2) is 34.4 Å². The second-order valence-electron chi connectivity index (χ2n) is 2.96. The Labute approximate surface area is 91.2 Å². The van der Waals surface area contributed by atoms with Crippen LogP contribution in [0.15, 0.2) is 24.3 Å². The number of benzene rings is 1. The van der Waals surface area contributed by atoms with Gasteiger partial charge in [0.1, 0.15) is 0 Å². The van der Waals surface area contributed by atoms with Crippen LogP contribution in [0.5, 0.6) is 0 Å². The minimum absolute atomic E-state index is 0.0941. The summed E-state index contributed by atoms with van der Waals surface area (Å²) < 4.78 is 0. The number of rotatable bonds is 3. The maximum absolute atomic E-state index is 10.9. The van der Waals surface area contributed by atoms with Gasteiger partial charge < -0.3 is 5.11 Å². The molecule has 0 radical (unpaired) electrons. The van der Waals surface area contributed by atoms with Crippen LogP contribution in [0.4, 0.5) is 10.5 Å². The number of nitrogens with zero attached hydrogens (tertiary/aromatic N) is 1. The minimum atomic E-state index is -1.06. The molecule has 0 unspecified atom stereocenters. The van der Waals surface area contributed by atoms with E-state index in [-0.39, 0.29) is 5.56 Å². The molecule has 0 aliphatic heterocycles. The van der Waals surface area contributed by atoms with Gasteiger partial charge >= 0.3 is 12.0 Å². The lowest BCUT2D eigenvalue weighted by molar-refractivity contribution is -0.0174. The number of hydrogen-bond donors (Lipinski definition) is 4. The maximum Gasteiger partial charge on any atom is 0.359 e. The number of carboxylic acid groups (broad SMARTS) is 1. The molecule has 7 heteroatoms. The number of hydroxylamine groups is 2. The van der Waals surface area contributed by atoms with Crippen molar-refractivity contribution in [3.05, 3.63) is 29.8 Å². The van der Waals surface area contributed by atoms with E-state index in [4.69, 9.17) is 10.3 Å². The van der Waals surface area contributed by atoms with E-state index in [1.54, 1.807) is 6.07 Å². The molecule has 0 bridgehead atoms. The molecule has 0 saturated heterocycles. The van der Waals surface area contributed by atoms with Crippen molar-refractivity contribution in [3.8, 4) is 0 Å². The summed E-state index contributed by atoms with van der Waals surface area (Å²) >= 11 is 0. The molecule has 0 aromatic heterocycles. The lowest BCUT2D eigenvalue weighted by Gasteiger charge is -2.12. The van der Waals surface area contributed by atoms with Crippen molar-refractivity contribution in [2.45, 2.75) is 0 Å². The topological polar surface area (TPSA) is 102 Å². The summed E-state index contributed by atoms with van der Waals surface area (Å²) in [4.78, 5) is 21.6. The second-order valence-corrected chi connectivity index (χ2v) is 2.96. The van der Waals surface area contributed by atoms with Crippen LogP contribution in [0.3, 0.4) is 0 Å². The van der Waals surface area contributed by atoms with Gasteiger partial charge in [-0.1, -0.05) is 6.07 Å². The summed E-state index contributed by atoms with van der Waals surface area (Å²) in [5.41, 5.74) is 5.11. The van der Waals surface area contributed by atoms with E-state index < -0.39 is 12.0 Å². The van der Waals surface area contributed by atoms with Crippen LogP contribution in [0, 0.1) is 0 Å². The third-order valence-corrected chi connectivity index (χ3v) is 1.72. The Bertz CT molecular complexity index is 405. The molecule has 4 N–H and O–H groups in total. The number of carbonyl (C=O) groups is 2. The SMILES string of the molecule is CN(O)C(=O)NNc1cccc(C(=O)O)c1. The van der Waals surface area contributed by atoms with Crippen LogP contribution in [-0.2, 0) is 0 Å². The minimum Gasteiger partial charge on any atom is -0.478 e. The van der Waals surface area contributed by atoms with E-state index in [2.05, 4.69) is 10.9 Å². The third kappa shape index (κ3) is 3.14. The first-order chi connectivity index (χ1) is 7.50. The summed E-state index contributed by atoms with van der Waals surface area (Å²) in [5.74, 6) is -1.06. The molecule has 0 saturated carbocycles. The number of carbonyl (C=O) groups excluding carboxylic acids is 1. The van der Waals surface area contributed by atoms with Gasteiger partial charge in [-0.05, 0) is 18.2 Å². The van der Waals surface area contributed by atoms with Crippen LogP contribution < -0.4 is 10.9 Å². The van der Waals surface area contributed by atoms with E-state index in [1.165, 1.54) is 18.2 Å². The summed E-state index contributed by atoms with van der Waals surface area (Å²) in [5, 5.41) is 17.8. The smallest absolute Gasteiger partial charge is 0.359 e. The molecule has 0 spiro atoms. The van der Waals surface area contributed by atoms with E-state index >= 15 is 0 Å². The predicted molar refractivity (Wildman–Crippen MR) is 55.1 cm³/mol. The van der Waals surface area contributed by atoms with Crippen LogP contribution >= 0.6 is 0 Å². The molecule has 0 atom stereocenters. The fourth-order valence-corrected chi connectivity index (χ4v) is 0.937. The van der Waals surface area contributed by atoms with E-state index in [9.17, 15) is 9.59 Å². The molecule has 0 heterocycles. The number of nitrogens with one attached hydrogen (secondary N) is 2. The molecule has 86 valence electrons. The first-order valence-corrected chi connectivity index (χ1v) is 4.32. The summed E-state index contributed by atoms with van der Waals surface area (Å²) in [6.07, 6.45) is 0. The number of hydrogen-bond acceptors (Lipinski definition) is 4. The molecular formula is C9H11N3O4. The Kier molecular flexibility index (Phi) is 3.67. The van der Waals surface area contributed by atoms with Crippen LogP contribution in [0.1, 0.15) is 10.4 Å². The van der Waals surface area contributed by atoms with Crippen molar-refractivity contribution in [3.63, 3.8) is 0 Å². The molecule has 1 rings (SSSR count). The molecule has 1 aromatic carbocycles. The largest absolute Gasteiger partial charge is 0.478 e. The van der Waals surface area contributed by atoms with Gasteiger partial charge in [0, 0.05) is 7.05 Å². The molecule has 0 fully saturated rings. The van der Waals surface area contributed by atoms with Crippen molar-refractivity contribution in [1.29, 1.82) is 0 Å². The van der Waals surface area contributed by atoms with Gasteiger partial charge in [0.05, 0.1) is 11.3 Å². The highest BCUT2D eigenvalue weighted by molar-refractivity contribution is 5.88. The average molecular weight is 225 g/mol. The maximum atomic E-state index is 10.9. The van der Waals surface area contributed by atoms with Gasteiger partial charge in [0.25, 0.3) is 0 Å². The zero-order valence-electron chi connectivity index (χ0n) is 8.47. The van der Waals surface area contributed by atoms with Crippen molar-refractivity contribution in [2.24, 2.45) is 0 Å². The third-order valence-electron chi connectivity index (χ3n) is 1.72. The van der Waals surface area contributed by atoms with E-state index in [1.807, 2.05) is 0 Å². The molecule has 0 aliphatic rings. The van der Waals surface area contributed by atoms with Gasteiger partial charge in [-0.25, -0.2) is 20.1 Å². The van der Waals surface area contributed by atoms with Crippen LogP contribution in [0.2, 0.25) is 0 Å². The number of aromatic carboxylic acids is 1. The van der Waals surface area contributed by atoms with Gasteiger partial charge in [-0.15, -0.1) is 0 Å². The fourth-order valence-electron chi connectivity index (χ4n) is 0.937. The normalized spacial score (nSPS) is 9.38. The Balaban J connectivity index is 2.64. The van der Waals surface area contributed by atoms with Crippen LogP contribution in [0.25, 0.3) is 0 Å². The molecule has 7 nitrogen and oxygen atoms in total. The summed E-state index contributed by atoms with van der Waals surface area (Å²) in [6.45, 7) is 0. The zero-order chi connectivity index (χ0) is 12.1. The lowest BCUT2D eigenvalue weighted by atomic mass is 10.2. The van der Waals surface area contributed by atoms with E-state index in [0.717, 1.165) is 7.05 Å². The van der Waals surface area contributed by atoms with Crippen molar-refractivity contribution >= 4 is 17.7 Å². The van der Waals surface area contributed by atoms with Crippen molar-refractivity contribution in [2.75, 3.05) is 12.5 Å². The highest BCUT2D eigenvalue weighted by Gasteiger charge is 2.05. The number of urea groups is 1. The summed E-state index contributed by atoms with van der Waals surface area (Å²) in [7, 11) is 1.16. The van der Waals surface area contributed by atoms with E-state index in [0.29, 0.717) is 10.8 Å². The Morgan fingerprint density at radius 1 is 1.38 bits per heavy atom. The Morgan fingerprint density at radius 2 is 2.06 bits per heavy atom. The number of carboxylic acids is 1. The van der Waals surface area contributed by atoms with Crippen molar-refractivity contribution < 1.29 is 19.9 Å². The number of anilines is 1. The highest BCUT2D eigenvalue weighted by Crippen LogP contribution is 2.09. The van der Waals surface area contributed by atoms with Gasteiger partial charge in [-0.2, -0.15) is 0 Å². The monoisotopic (exact) mass is 225 g/mol. The Hall–Kier alpha value is -2.28. The molecular weight excluding hydrogens is 214 g/mol. The first kappa shape index (κ1) is 11.8. The Morgan fingerprint density at radius 3 is 2.62 bits per heavy atom. The molecule has 2 amide bonds. The average Bonchev–Trinajstić information content (AvgIpc) is 2.26. The molecule has 0 aliphatic carbocycles. The van der Waals surface area contributed by atoms with Gasteiger partial charge in [-0.3, -0.25) is 10.6 Å². The highest BCUT2D eigenvalue weighted by atomic mass is 16.5. The van der Waals surface area contributed by atoms with Gasteiger partial charge in [0.2, 0.25) is 0 Å². The van der Waals surface area contributed by atoms with Crippen molar-refractivity contribution in [1.82, 2.24) is 10.5 Å². The molecule has 16 heavy (non-hydrogen) atoms. The quantitative estimate of drug-likeness (QED) is 0.449. The summed E-state index contributed by atoms with van der Waals surface area (Å²) in [6, 6.07) is 5.11. The molecule has 1 aromatic rings.